The Morgan fingerprint density at radius 2 is 2.32 bits per heavy atom. The van der Waals surface area contributed by atoms with Crippen LogP contribution in [0.5, 0.6) is 0 Å². The average molecular weight is 344 g/mol. The number of hydrogen-bond acceptors (Lipinski definition) is 5. The zero-order valence-corrected chi connectivity index (χ0v) is 13.4. The minimum absolute atomic E-state index is 0.0615. The minimum atomic E-state index is 0.0615. The standard InChI is InChI=1S/C12H18BrN5S/c1-8(2)5-18-12(15-7-16-18)4-10(17-14)11-3-9(13)6-19-11/h3,6-8,10,17H,4-5,14H2,1-2H3. The van der Waals surface area contributed by atoms with Crippen LogP contribution in [-0.2, 0) is 13.0 Å². The fourth-order valence-corrected chi connectivity index (χ4v) is 3.39. The highest BCUT2D eigenvalue weighted by Crippen LogP contribution is 2.27. The van der Waals surface area contributed by atoms with Crippen molar-refractivity contribution in [3.63, 3.8) is 0 Å². The van der Waals surface area contributed by atoms with Gasteiger partial charge < -0.3 is 0 Å². The predicted molar refractivity (Wildman–Crippen MR) is 80.6 cm³/mol. The van der Waals surface area contributed by atoms with Crippen LogP contribution < -0.4 is 11.3 Å². The van der Waals surface area contributed by atoms with Gasteiger partial charge in [-0.3, -0.25) is 11.3 Å². The average Bonchev–Trinajstić information content (AvgIpc) is 2.95. The molecule has 19 heavy (non-hydrogen) atoms. The van der Waals surface area contributed by atoms with Crippen molar-refractivity contribution < 1.29 is 0 Å². The molecule has 0 fully saturated rings. The van der Waals surface area contributed by atoms with E-state index < -0.39 is 0 Å². The number of halogens is 1. The van der Waals surface area contributed by atoms with E-state index in [0.717, 1.165) is 23.3 Å². The molecule has 0 aliphatic carbocycles. The molecule has 104 valence electrons. The Morgan fingerprint density at radius 1 is 1.53 bits per heavy atom. The van der Waals surface area contributed by atoms with Gasteiger partial charge in [0.05, 0.1) is 6.04 Å². The van der Waals surface area contributed by atoms with E-state index >= 15 is 0 Å². The van der Waals surface area contributed by atoms with E-state index in [-0.39, 0.29) is 6.04 Å². The Balaban J connectivity index is 2.12. The molecule has 1 atom stereocenters. The summed E-state index contributed by atoms with van der Waals surface area (Å²) in [7, 11) is 0. The highest BCUT2D eigenvalue weighted by molar-refractivity contribution is 9.10. The number of nitrogens with two attached hydrogens (primary N) is 1. The summed E-state index contributed by atoms with van der Waals surface area (Å²) in [6.45, 7) is 5.21. The van der Waals surface area contributed by atoms with E-state index in [0.29, 0.717) is 5.92 Å². The van der Waals surface area contributed by atoms with E-state index in [1.165, 1.54) is 4.88 Å². The third-order valence-electron chi connectivity index (χ3n) is 2.75. The van der Waals surface area contributed by atoms with Gasteiger partial charge in [-0.15, -0.1) is 11.3 Å². The molecule has 0 spiro atoms. The predicted octanol–water partition coefficient (Wildman–Crippen LogP) is 2.51. The van der Waals surface area contributed by atoms with Crippen molar-refractivity contribution in [3.8, 4) is 0 Å². The minimum Gasteiger partial charge on any atom is -0.271 e. The monoisotopic (exact) mass is 343 g/mol. The zero-order chi connectivity index (χ0) is 13.8. The lowest BCUT2D eigenvalue weighted by atomic mass is 10.1. The Bertz CT molecular complexity index is 522. The quantitative estimate of drug-likeness (QED) is 0.624. The van der Waals surface area contributed by atoms with Crippen LogP contribution in [0.2, 0.25) is 0 Å². The van der Waals surface area contributed by atoms with Gasteiger partial charge in [-0.2, -0.15) is 5.10 Å². The van der Waals surface area contributed by atoms with Crippen molar-refractivity contribution in [2.45, 2.75) is 32.9 Å². The van der Waals surface area contributed by atoms with Crippen LogP contribution in [0.4, 0.5) is 0 Å². The molecule has 0 radical (unpaired) electrons. The highest BCUT2D eigenvalue weighted by atomic mass is 79.9. The van der Waals surface area contributed by atoms with Crippen molar-refractivity contribution in [2.75, 3.05) is 0 Å². The summed E-state index contributed by atoms with van der Waals surface area (Å²) in [6, 6.07) is 2.14. The second-order valence-corrected chi connectivity index (χ2v) is 6.70. The summed E-state index contributed by atoms with van der Waals surface area (Å²) in [5.74, 6) is 7.17. The van der Waals surface area contributed by atoms with Crippen LogP contribution in [0.3, 0.4) is 0 Å². The van der Waals surface area contributed by atoms with E-state index in [9.17, 15) is 0 Å². The Hall–Kier alpha value is -0.760. The van der Waals surface area contributed by atoms with Gasteiger partial charge in [-0.25, -0.2) is 9.67 Å². The molecule has 0 saturated heterocycles. The first-order valence-electron chi connectivity index (χ1n) is 6.17. The molecule has 1 unspecified atom stereocenters. The number of rotatable bonds is 6. The maximum Gasteiger partial charge on any atom is 0.138 e. The molecule has 2 aromatic heterocycles. The molecule has 2 aromatic rings. The summed E-state index contributed by atoms with van der Waals surface area (Å²) in [5.41, 5.74) is 2.86. The van der Waals surface area contributed by atoms with Gasteiger partial charge in [0.1, 0.15) is 12.2 Å². The van der Waals surface area contributed by atoms with Gasteiger partial charge in [0, 0.05) is 27.7 Å². The molecule has 5 nitrogen and oxygen atoms in total. The molecule has 0 saturated carbocycles. The van der Waals surface area contributed by atoms with E-state index in [1.807, 2.05) is 4.68 Å². The van der Waals surface area contributed by atoms with E-state index in [1.54, 1.807) is 17.7 Å². The normalized spacial score (nSPS) is 13.1. The molecule has 2 heterocycles. The van der Waals surface area contributed by atoms with Crippen LogP contribution in [0.1, 0.15) is 30.6 Å². The first-order chi connectivity index (χ1) is 9.10. The number of aromatic nitrogens is 3. The molecule has 2 rings (SSSR count). The first-order valence-corrected chi connectivity index (χ1v) is 7.84. The summed E-state index contributed by atoms with van der Waals surface area (Å²) >= 11 is 5.14. The van der Waals surface area contributed by atoms with Crippen molar-refractivity contribution in [3.05, 3.63) is 32.9 Å². The molecule has 0 aromatic carbocycles. The van der Waals surface area contributed by atoms with Crippen LogP contribution in [-0.4, -0.2) is 14.8 Å². The Labute approximate surface area is 125 Å². The molecular formula is C12H18BrN5S. The summed E-state index contributed by atoms with van der Waals surface area (Å²) in [5, 5.41) is 6.33. The molecule has 0 aliphatic heterocycles. The van der Waals surface area contributed by atoms with Gasteiger partial charge in [0.15, 0.2) is 0 Å². The largest absolute Gasteiger partial charge is 0.271 e. The van der Waals surface area contributed by atoms with E-state index in [4.69, 9.17) is 5.84 Å². The maximum absolute atomic E-state index is 5.67. The van der Waals surface area contributed by atoms with Gasteiger partial charge in [-0.05, 0) is 27.9 Å². The van der Waals surface area contributed by atoms with Gasteiger partial charge in [0.2, 0.25) is 0 Å². The number of hydrogen-bond donors (Lipinski definition) is 2. The van der Waals surface area contributed by atoms with Crippen LogP contribution >= 0.6 is 27.3 Å². The fraction of sp³-hybridized carbons (Fsp3) is 0.500. The maximum atomic E-state index is 5.67. The van der Waals surface area contributed by atoms with Crippen LogP contribution in [0, 0.1) is 5.92 Å². The third kappa shape index (κ3) is 3.85. The molecule has 0 amide bonds. The van der Waals surface area contributed by atoms with Gasteiger partial charge in [-0.1, -0.05) is 13.8 Å². The lowest BCUT2D eigenvalue weighted by Gasteiger charge is -2.15. The third-order valence-corrected chi connectivity index (χ3v) is 4.56. The van der Waals surface area contributed by atoms with Gasteiger partial charge in [0.25, 0.3) is 0 Å². The lowest BCUT2D eigenvalue weighted by Crippen LogP contribution is -2.30. The second-order valence-electron chi connectivity index (χ2n) is 4.84. The number of thiophene rings is 1. The van der Waals surface area contributed by atoms with E-state index in [2.05, 4.69) is 56.7 Å². The molecule has 7 heteroatoms. The van der Waals surface area contributed by atoms with Gasteiger partial charge >= 0.3 is 0 Å². The van der Waals surface area contributed by atoms with Crippen molar-refractivity contribution >= 4 is 27.3 Å². The van der Waals surface area contributed by atoms with Crippen LogP contribution in [0.25, 0.3) is 0 Å². The Kier molecular flexibility index (Phi) is 5.09. The summed E-state index contributed by atoms with van der Waals surface area (Å²) in [6.07, 6.45) is 2.34. The molecule has 0 bridgehead atoms. The fourth-order valence-electron chi connectivity index (χ4n) is 1.88. The van der Waals surface area contributed by atoms with Crippen LogP contribution in [0.15, 0.2) is 22.2 Å². The topological polar surface area (TPSA) is 68.8 Å². The van der Waals surface area contributed by atoms with Crippen molar-refractivity contribution in [1.82, 2.24) is 20.2 Å². The molecular weight excluding hydrogens is 326 g/mol. The zero-order valence-electron chi connectivity index (χ0n) is 11.0. The molecule has 3 N–H and O–H groups in total. The Morgan fingerprint density at radius 3 is 2.89 bits per heavy atom. The first kappa shape index (κ1) is 14.6. The molecule has 0 aliphatic rings. The number of nitrogens with zero attached hydrogens (tertiary/aromatic N) is 3. The summed E-state index contributed by atoms with van der Waals surface area (Å²) in [4.78, 5) is 5.53. The van der Waals surface area contributed by atoms with Crippen molar-refractivity contribution in [1.29, 1.82) is 0 Å². The lowest BCUT2D eigenvalue weighted by molar-refractivity contribution is 0.448. The van der Waals surface area contributed by atoms with Crippen molar-refractivity contribution in [2.24, 2.45) is 11.8 Å². The smallest absolute Gasteiger partial charge is 0.138 e. The SMILES string of the molecule is CC(C)Cn1ncnc1CC(NN)c1cc(Br)cs1. The second kappa shape index (κ2) is 6.60. The number of nitrogens with one attached hydrogen (secondary N) is 1. The highest BCUT2D eigenvalue weighted by Gasteiger charge is 2.16. The number of hydrazine groups is 1. The summed E-state index contributed by atoms with van der Waals surface area (Å²) < 4.78 is 3.04.